The topological polar surface area (TPSA) is 43.1 Å². The lowest BCUT2D eigenvalue weighted by Gasteiger charge is -2.23. The minimum Gasteiger partial charge on any atom is -0.319 e. The molecule has 0 saturated heterocycles. The molecule has 0 amide bonds. The van der Waals surface area contributed by atoms with Crippen LogP contribution in [-0.2, 0) is 4.79 Å². The Morgan fingerprint density at radius 1 is 1.27 bits per heavy atom. The summed E-state index contributed by atoms with van der Waals surface area (Å²) in [4.78, 5) is 11.5. The molecule has 0 aromatic carbocycles. The van der Waals surface area contributed by atoms with Gasteiger partial charge in [-0.25, -0.2) is 0 Å². The van der Waals surface area contributed by atoms with Gasteiger partial charge in [-0.2, -0.15) is 0 Å². The monoisotopic (exact) mass is 157 g/mol. The van der Waals surface area contributed by atoms with Crippen molar-refractivity contribution in [3.05, 3.63) is 0 Å². The highest BCUT2D eigenvalue weighted by Crippen LogP contribution is 2.16. The van der Waals surface area contributed by atoms with E-state index in [2.05, 4.69) is 0 Å². The lowest BCUT2D eigenvalue weighted by Crippen LogP contribution is -2.45. The van der Waals surface area contributed by atoms with E-state index >= 15 is 0 Å². The summed E-state index contributed by atoms with van der Waals surface area (Å²) in [6.45, 7) is 9.52. The lowest BCUT2D eigenvalue weighted by atomic mass is 9.84. The Hall–Kier alpha value is -0.370. The molecule has 1 atom stereocenters. The van der Waals surface area contributed by atoms with E-state index in [1.165, 1.54) is 0 Å². The summed E-state index contributed by atoms with van der Waals surface area (Å²) in [5.41, 5.74) is 4.99. The van der Waals surface area contributed by atoms with E-state index in [4.69, 9.17) is 5.73 Å². The average Bonchev–Trinajstić information content (AvgIpc) is 1.82. The molecule has 2 N–H and O–H groups in total. The Labute approximate surface area is 69.2 Å². The van der Waals surface area contributed by atoms with Crippen LogP contribution >= 0.6 is 0 Å². The number of carbonyl (C=O) groups is 1. The van der Waals surface area contributed by atoms with Crippen molar-refractivity contribution < 1.29 is 4.79 Å². The van der Waals surface area contributed by atoms with Crippen LogP contribution in [0.4, 0.5) is 0 Å². The van der Waals surface area contributed by atoms with Crippen molar-refractivity contribution in [2.24, 2.45) is 17.6 Å². The number of nitrogens with two attached hydrogens (primary N) is 1. The Balaban J connectivity index is 4.26. The first-order chi connectivity index (χ1) is 4.76. The molecule has 0 bridgehead atoms. The van der Waals surface area contributed by atoms with Gasteiger partial charge in [0.1, 0.15) is 0 Å². The summed E-state index contributed by atoms with van der Waals surface area (Å²) >= 11 is 0. The third kappa shape index (κ3) is 3.02. The molecule has 2 heteroatoms. The smallest absolute Gasteiger partial charge is 0.155 e. The largest absolute Gasteiger partial charge is 0.319 e. The Morgan fingerprint density at radius 3 is 1.73 bits per heavy atom. The fraction of sp³-hybridized carbons (Fsp3) is 0.889. The molecular weight excluding hydrogens is 138 g/mol. The molecule has 11 heavy (non-hydrogen) atoms. The van der Waals surface area contributed by atoms with Gasteiger partial charge in [0.15, 0.2) is 5.78 Å². The molecule has 1 unspecified atom stereocenters. The normalized spacial score (nSPS) is 15.2. The molecule has 0 aromatic heterocycles. The molecule has 0 saturated carbocycles. The van der Waals surface area contributed by atoms with Crippen molar-refractivity contribution >= 4 is 5.78 Å². The summed E-state index contributed by atoms with van der Waals surface area (Å²) < 4.78 is 0. The number of Topliss-reactive ketones (excluding diaryl/α,β-unsaturated/α-hetero) is 1. The second-order valence-electron chi connectivity index (χ2n) is 4.12. The number of rotatable bonds is 3. The van der Waals surface area contributed by atoms with Gasteiger partial charge in [-0.1, -0.05) is 20.8 Å². The van der Waals surface area contributed by atoms with E-state index in [9.17, 15) is 4.79 Å². The van der Waals surface area contributed by atoms with Crippen molar-refractivity contribution in [2.75, 3.05) is 0 Å². The zero-order valence-corrected chi connectivity index (χ0v) is 8.14. The van der Waals surface area contributed by atoms with E-state index in [0.717, 1.165) is 0 Å². The zero-order valence-electron chi connectivity index (χ0n) is 8.14. The summed E-state index contributed by atoms with van der Waals surface area (Å²) in [5, 5.41) is 0. The summed E-state index contributed by atoms with van der Waals surface area (Å²) in [6, 6.07) is 0. The van der Waals surface area contributed by atoms with Crippen molar-refractivity contribution in [3.63, 3.8) is 0 Å². The predicted octanol–water partition coefficient (Wildman–Crippen LogP) is 1.58. The molecule has 0 aliphatic rings. The van der Waals surface area contributed by atoms with Crippen molar-refractivity contribution in [2.45, 2.75) is 40.2 Å². The highest BCUT2D eigenvalue weighted by Gasteiger charge is 2.28. The van der Waals surface area contributed by atoms with E-state index in [1.807, 2.05) is 20.8 Å². The molecule has 66 valence electrons. The van der Waals surface area contributed by atoms with Crippen LogP contribution in [-0.4, -0.2) is 11.3 Å². The number of hydrogen-bond acceptors (Lipinski definition) is 2. The number of carbonyl (C=O) groups excluding carboxylic acids is 1. The van der Waals surface area contributed by atoms with E-state index < -0.39 is 5.54 Å². The van der Waals surface area contributed by atoms with Gasteiger partial charge < -0.3 is 5.73 Å². The van der Waals surface area contributed by atoms with Gasteiger partial charge in [-0.3, -0.25) is 4.79 Å². The first-order valence-electron chi connectivity index (χ1n) is 4.10. The fourth-order valence-electron chi connectivity index (χ4n) is 0.890. The van der Waals surface area contributed by atoms with Gasteiger partial charge in [0.05, 0.1) is 5.54 Å². The SMILES string of the molecule is CC(C)C(C)C(=O)C(C)(C)N. The Bertz CT molecular complexity index is 144. The van der Waals surface area contributed by atoms with Crippen LogP contribution in [0, 0.1) is 11.8 Å². The van der Waals surface area contributed by atoms with Gasteiger partial charge in [0.2, 0.25) is 0 Å². The highest BCUT2D eigenvalue weighted by molar-refractivity contribution is 5.89. The first kappa shape index (κ1) is 10.6. The van der Waals surface area contributed by atoms with Gasteiger partial charge in [-0.05, 0) is 19.8 Å². The summed E-state index contributed by atoms with van der Waals surface area (Å²) in [6.07, 6.45) is 0. The summed E-state index contributed by atoms with van der Waals surface area (Å²) in [5.74, 6) is 0.591. The van der Waals surface area contributed by atoms with Gasteiger partial charge in [0, 0.05) is 5.92 Å². The Kier molecular flexibility index (Phi) is 3.24. The predicted molar refractivity (Wildman–Crippen MR) is 47.3 cm³/mol. The molecule has 0 heterocycles. The fourth-order valence-corrected chi connectivity index (χ4v) is 0.890. The molecule has 0 aliphatic carbocycles. The number of hydrogen-bond donors (Lipinski definition) is 1. The van der Waals surface area contributed by atoms with Crippen LogP contribution in [0.15, 0.2) is 0 Å². The molecular formula is C9H19NO. The molecule has 0 radical (unpaired) electrons. The minimum atomic E-state index is -0.677. The van der Waals surface area contributed by atoms with Crippen molar-refractivity contribution in [3.8, 4) is 0 Å². The molecule has 0 aromatic rings. The quantitative estimate of drug-likeness (QED) is 0.676. The third-order valence-corrected chi connectivity index (χ3v) is 2.05. The second-order valence-corrected chi connectivity index (χ2v) is 4.12. The molecule has 0 spiro atoms. The van der Waals surface area contributed by atoms with Gasteiger partial charge in [-0.15, -0.1) is 0 Å². The standard InChI is InChI=1S/C9H19NO/c1-6(2)7(3)8(11)9(4,5)10/h6-7H,10H2,1-5H3. The van der Waals surface area contributed by atoms with Crippen LogP contribution in [0.1, 0.15) is 34.6 Å². The third-order valence-electron chi connectivity index (χ3n) is 2.05. The van der Waals surface area contributed by atoms with Crippen LogP contribution < -0.4 is 5.73 Å². The van der Waals surface area contributed by atoms with E-state index in [1.54, 1.807) is 13.8 Å². The Morgan fingerprint density at radius 2 is 1.64 bits per heavy atom. The van der Waals surface area contributed by atoms with E-state index in [0.29, 0.717) is 5.92 Å². The van der Waals surface area contributed by atoms with Crippen LogP contribution in [0.5, 0.6) is 0 Å². The van der Waals surface area contributed by atoms with Crippen molar-refractivity contribution in [1.82, 2.24) is 0 Å². The zero-order chi connectivity index (χ0) is 9.23. The molecule has 0 rings (SSSR count). The molecule has 0 fully saturated rings. The van der Waals surface area contributed by atoms with Gasteiger partial charge in [0.25, 0.3) is 0 Å². The van der Waals surface area contributed by atoms with E-state index in [-0.39, 0.29) is 11.7 Å². The number of ketones is 1. The van der Waals surface area contributed by atoms with Crippen LogP contribution in [0.2, 0.25) is 0 Å². The van der Waals surface area contributed by atoms with Crippen LogP contribution in [0.3, 0.4) is 0 Å². The maximum atomic E-state index is 11.5. The highest BCUT2D eigenvalue weighted by atomic mass is 16.1. The first-order valence-corrected chi connectivity index (χ1v) is 4.10. The maximum absolute atomic E-state index is 11.5. The minimum absolute atomic E-state index is 0.0648. The van der Waals surface area contributed by atoms with Crippen LogP contribution in [0.25, 0.3) is 0 Å². The molecule has 2 nitrogen and oxygen atoms in total. The maximum Gasteiger partial charge on any atom is 0.155 e. The van der Waals surface area contributed by atoms with Gasteiger partial charge >= 0.3 is 0 Å². The molecule has 0 aliphatic heterocycles. The lowest BCUT2D eigenvalue weighted by molar-refractivity contribution is -0.127. The second kappa shape index (κ2) is 3.35. The average molecular weight is 157 g/mol. The summed E-state index contributed by atoms with van der Waals surface area (Å²) in [7, 11) is 0. The van der Waals surface area contributed by atoms with Crippen molar-refractivity contribution in [1.29, 1.82) is 0 Å².